The second-order valence-electron chi connectivity index (χ2n) is 4.17. The van der Waals surface area contributed by atoms with Crippen LogP contribution in [-0.2, 0) is 4.74 Å². The van der Waals surface area contributed by atoms with Crippen LogP contribution < -0.4 is 5.73 Å². The molecule has 0 saturated carbocycles. The van der Waals surface area contributed by atoms with E-state index < -0.39 is 0 Å². The molecule has 0 bridgehead atoms. The van der Waals surface area contributed by atoms with Crippen molar-refractivity contribution in [2.45, 2.75) is 26.8 Å². The zero-order valence-electron chi connectivity index (χ0n) is 7.05. The number of rotatable bonds is 0. The van der Waals surface area contributed by atoms with E-state index in [0.29, 0.717) is 11.3 Å². The Morgan fingerprint density at radius 3 is 2.10 bits per heavy atom. The summed E-state index contributed by atoms with van der Waals surface area (Å²) in [5, 5.41) is 0. The van der Waals surface area contributed by atoms with Crippen LogP contribution in [0.3, 0.4) is 0 Å². The molecule has 10 heavy (non-hydrogen) atoms. The lowest BCUT2D eigenvalue weighted by Gasteiger charge is -2.28. The minimum absolute atomic E-state index is 0.250. The number of nitrogens with two attached hydrogens (primary N) is 1. The summed E-state index contributed by atoms with van der Waals surface area (Å²) < 4.78 is 5.27. The van der Waals surface area contributed by atoms with Crippen molar-refractivity contribution in [1.82, 2.24) is 0 Å². The Kier molecular flexibility index (Phi) is 2.02. The van der Waals surface area contributed by atoms with Gasteiger partial charge < -0.3 is 10.5 Å². The molecule has 2 atom stereocenters. The van der Waals surface area contributed by atoms with Gasteiger partial charge in [-0.05, 0) is 5.41 Å². The molecular weight excluding hydrogens is 126 g/mol. The molecule has 1 fully saturated rings. The van der Waals surface area contributed by atoms with E-state index in [4.69, 9.17) is 10.5 Å². The summed E-state index contributed by atoms with van der Waals surface area (Å²) in [5.74, 6) is 0.535. The molecule has 2 unspecified atom stereocenters. The molecule has 0 aromatic heterocycles. The molecule has 1 aliphatic heterocycles. The van der Waals surface area contributed by atoms with Crippen molar-refractivity contribution in [2.75, 3.05) is 13.2 Å². The van der Waals surface area contributed by atoms with Crippen molar-refractivity contribution >= 4 is 0 Å². The molecule has 2 heteroatoms. The Hall–Kier alpha value is -0.0800. The first kappa shape index (κ1) is 8.02. The molecule has 0 aliphatic carbocycles. The van der Waals surface area contributed by atoms with Gasteiger partial charge in [-0.2, -0.15) is 0 Å². The molecule has 1 heterocycles. The van der Waals surface area contributed by atoms with Crippen molar-refractivity contribution < 1.29 is 4.74 Å². The molecule has 0 aromatic carbocycles. The summed E-state index contributed by atoms with van der Waals surface area (Å²) in [6, 6.07) is 0.250. The third kappa shape index (κ3) is 1.50. The smallest absolute Gasteiger partial charge is 0.0621 e. The highest BCUT2D eigenvalue weighted by Crippen LogP contribution is 2.31. The lowest BCUT2D eigenvalue weighted by molar-refractivity contribution is 0.152. The van der Waals surface area contributed by atoms with Gasteiger partial charge in [0.05, 0.1) is 13.2 Å². The number of hydrogen-bond donors (Lipinski definition) is 1. The maximum atomic E-state index is 5.84. The molecule has 0 amide bonds. The van der Waals surface area contributed by atoms with E-state index in [1.165, 1.54) is 0 Å². The van der Waals surface area contributed by atoms with E-state index in [-0.39, 0.29) is 6.04 Å². The Morgan fingerprint density at radius 2 is 1.90 bits per heavy atom. The van der Waals surface area contributed by atoms with Gasteiger partial charge >= 0.3 is 0 Å². The summed E-state index contributed by atoms with van der Waals surface area (Å²) in [4.78, 5) is 0. The molecule has 60 valence electrons. The molecule has 1 rings (SSSR count). The topological polar surface area (TPSA) is 35.2 Å². The molecule has 0 radical (unpaired) electrons. The van der Waals surface area contributed by atoms with Crippen molar-refractivity contribution in [3.05, 3.63) is 0 Å². The lowest BCUT2D eigenvalue weighted by Crippen LogP contribution is -2.36. The van der Waals surface area contributed by atoms with E-state index >= 15 is 0 Å². The molecule has 0 aromatic rings. The van der Waals surface area contributed by atoms with Crippen LogP contribution in [0.2, 0.25) is 0 Å². The molecular formula is C8H17NO. The Labute approximate surface area is 62.7 Å². The predicted octanol–water partition coefficient (Wildman–Crippen LogP) is 1.01. The van der Waals surface area contributed by atoms with E-state index in [0.717, 1.165) is 13.2 Å². The minimum atomic E-state index is 0.250. The maximum Gasteiger partial charge on any atom is 0.0621 e. The first-order chi connectivity index (χ1) is 4.52. The zero-order chi connectivity index (χ0) is 7.78. The minimum Gasteiger partial charge on any atom is -0.379 e. The molecule has 2 N–H and O–H groups in total. The molecule has 1 aliphatic rings. The second-order valence-corrected chi connectivity index (χ2v) is 4.17. The van der Waals surface area contributed by atoms with Crippen LogP contribution in [0.4, 0.5) is 0 Å². The van der Waals surface area contributed by atoms with E-state index in [2.05, 4.69) is 20.8 Å². The number of ether oxygens (including phenoxy) is 1. The maximum absolute atomic E-state index is 5.84. The molecule has 1 saturated heterocycles. The van der Waals surface area contributed by atoms with E-state index in [1.807, 2.05) is 0 Å². The predicted molar refractivity (Wildman–Crippen MR) is 41.7 cm³/mol. The quantitative estimate of drug-likeness (QED) is 0.549. The van der Waals surface area contributed by atoms with Gasteiger partial charge in [0.1, 0.15) is 0 Å². The summed E-state index contributed by atoms with van der Waals surface area (Å²) in [5.41, 5.74) is 6.14. The summed E-state index contributed by atoms with van der Waals surface area (Å²) >= 11 is 0. The van der Waals surface area contributed by atoms with Gasteiger partial charge in [-0.25, -0.2) is 0 Å². The third-order valence-electron chi connectivity index (χ3n) is 2.24. The van der Waals surface area contributed by atoms with Crippen molar-refractivity contribution in [3.8, 4) is 0 Å². The first-order valence-corrected chi connectivity index (χ1v) is 3.85. The second kappa shape index (κ2) is 2.51. The fraction of sp³-hybridized carbons (Fsp3) is 1.00. The van der Waals surface area contributed by atoms with Gasteiger partial charge in [0.2, 0.25) is 0 Å². The van der Waals surface area contributed by atoms with Gasteiger partial charge in [-0.15, -0.1) is 0 Å². The Morgan fingerprint density at radius 1 is 1.30 bits per heavy atom. The van der Waals surface area contributed by atoms with Crippen molar-refractivity contribution in [3.63, 3.8) is 0 Å². The van der Waals surface area contributed by atoms with Gasteiger partial charge in [0.15, 0.2) is 0 Å². The van der Waals surface area contributed by atoms with Gasteiger partial charge in [0, 0.05) is 12.0 Å². The first-order valence-electron chi connectivity index (χ1n) is 3.85. The molecule has 0 spiro atoms. The average molecular weight is 143 g/mol. The van der Waals surface area contributed by atoms with Gasteiger partial charge in [-0.1, -0.05) is 20.8 Å². The number of hydrogen-bond acceptors (Lipinski definition) is 2. The van der Waals surface area contributed by atoms with Gasteiger partial charge in [0.25, 0.3) is 0 Å². The monoisotopic (exact) mass is 143 g/mol. The fourth-order valence-corrected chi connectivity index (χ4v) is 1.46. The highest BCUT2D eigenvalue weighted by molar-refractivity contribution is 4.86. The van der Waals surface area contributed by atoms with Crippen molar-refractivity contribution in [1.29, 1.82) is 0 Å². The highest BCUT2D eigenvalue weighted by Gasteiger charge is 2.34. The van der Waals surface area contributed by atoms with Crippen LogP contribution in [0.25, 0.3) is 0 Å². The summed E-state index contributed by atoms with van der Waals surface area (Å²) in [7, 11) is 0. The normalized spacial score (nSPS) is 34.8. The van der Waals surface area contributed by atoms with Crippen molar-refractivity contribution in [2.24, 2.45) is 17.1 Å². The van der Waals surface area contributed by atoms with E-state index in [9.17, 15) is 0 Å². The standard InChI is InChI=1S/C8H17NO/c1-8(2,3)6-4-10-5-7(6)9/h6-7H,4-5,9H2,1-3H3. The van der Waals surface area contributed by atoms with Crippen LogP contribution >= 0.6 is 0 Å². The van der Waals surface area contributed by atoms with Gasteiger partial charge in [-0.3, -0.25) is 0 Å². The highest BCUT2D eigenvalue weighted by atomic mass is 16.5. The van der Waals surface area contributed by atoms with Crippen LogP contribution in [0.5, 0.6) is 0 Å². The molecule has 2 nitrogen and oxygen atoms in total. The summed E-state index contributed by atoms with van der Waals surface area (Å²) in [6.45, 7) is 8.22. The zero-order valence-corrected chi connectivity index (χ0v) is 7.05. The van der Waals surface area contributed by atoms with Crippen LogP contribution in [0, 0.1) is 11.3 Å². The largest absolute Gasteiger partial charge is 0.379 e. The Bertz CT molecular complexity index is 117. The fourth-order valence-electron chi connectivity index (χ4n) is 1.46. The van der Waals surface area contributed by atoms with E-state index in [1.54, 1.807) is 0 Å². The van der Waals surface area contributed by atoms with Crippen LogP contribution in [0.15, 0.2) is 0 Å². The summed E-state index contributed by atoms with van der Waals surface area (Å²) in [6.07, 6.45) is 0. The lowest BCUT2D eigenvalue weighted by atomic mass is 9.78. The SMILES string of the molecule is CC(C)(C)C1COCC1N. The Balaban J connectivity index is 2.55. The van der Waals surface area contributed by atoms with Crippen LogP contribution in [0.1, 0.15) is 20.8 Å². The van der Waals surface area contributed by atoms with Crippen LogP contribution in [-0.4, -0.2) is 19.3 Å². The third-order valence-corrected chi connectivity index (χ3v) is 2.24. The average Bonchev–Trinajstić information content (AvgIpc) is 2.11.